The van der Waals surface area contributed by atoms with Crippen LogP contribution in [0.5, 0.6) is 0 Å². The molecule has 2 aliphatic heterocycles. The van der Waals surface area contributed by atoms with Gasteiger partial charge in [0.15, 0.2) is 5.01 Å². The maximum absolute atomic E-state index is 12.8. The van der Waals surface area contributed by atoms with Gasteiger partial charge in [-0.05, 0) is 18.2 Å². The van der Waals surface area contributed by atoms with Crippen molar-refractivity contribution in [1.82, 2.24) is 24.7 Å². The number of nitrogens with one attached hydrogen (secondary N) is 1. The molecule has 0 unspecified atom stereocenters. The van der Waals surface area contributed by atoms with Gasteiger partial charge in [0.1, 0.15) is 5.69 Å². The molecule has 2 amide bonds. The van der Waals surface area contributed by atoms with Crippen LogP contribution in [0.25, 0.3) is 10.9 Å². The molecule has 0 bridgehead atoms. The third kappa shape index (κ3) is 3.58. The Labute approximate surface area is 180 Å². The minimum Gasteiger partial charge on any atom is -0.350 e. The second-order valence-electron chi connectivity index (χ2n) is 7.44. The minimum absolute atomic E-state index is 0.0236. The molecule has 4 heterocycles. The van der Waals surface area contributed by atoms with E-state index in [1.807, 2.05) is 39.4 Å². The van der Waals surface area contributed by atoms with Crippen LogP contribution >= 0.6 is 27.3 Å². The number of benzene rings is 1. The van der Waals surface area contributed by atoms with Gasteiger partial charge in [0.05, 0.1) is 0 Å². The van der Waals surface area contributed by atoms with Gasteiger partial charge in [0.2, 0.25) is 0 Å². The van der Waals surface area contributed by atoms with Crippen LogP contribution in [0.3, 0.4) is 0 Å². The lowest BCUT2D eigenvalue weighted by Crippen LogP contribution is -2.64. The highest BCUT2D eigenvalue weighted by atomic mass is 79.9. The Hall–Kier alpha value is -2.23. The number of aromatic amines is 1. The second kappa shape index (κ2) is 7.55. The second-order valence-corrected chi connectivity index (χ2v) is 9.25. The van der Waals surface area contributed by atoms with Gasteiger partial charge in [0.25, 0.3) is 11.8 Å². The molecular formula is C20H20BrN5O2S. The van der Waals surface area contributed by atoms with Crippen LogP contribution in [0.2, 0.25) is 0 Å². The van der Waals surface area contributed by atoms with Crippen molar-refractivity contribution in [2.24, 2.45) is 0 Å². The fraction of sp³-hybridized carbons (Fsp3) is 0.350. The highest BCUT2D eigenvalue weighted by Gasteiger charge is 2.37. The molecule has 0 spiro atoms. The third-order valence-electron chi connectivity index (χ3n) is 5.70. The zero-order chi connectivity index (χ0) is 20.0. The number of halogens is 1. The Bertz CT molecular complexity index is 1050. The van der Waals surface area contributed by atoms with E-state index in [4.69, 9.17) is 0 Å². The number of H-pyrrole nitrogens is 1. The zero-order valence-electron chi connectivity index (χ0n) is 15.7. The molecule has 7 nitrogen and oxygen atoms in total. The fourth-order valence-electron chi connectivity index (χ4n) is 3.99. The predicted molar refractivity (Wildman–Crippen MR) is 115 cm³/mol. The molecule has 29 heavy (non-hydrogen) atoms. The van der Waals surface area contributed by atoms with E-state index in [0.717, 1.165) is 41.6 Å². The first-order valence-corrected chi connectivity index (χ1v) is 11.3. The van der Waals surface area contributed by atoms with Crippen LogP contribution < -0.4 is 0 Å². The smallest absolute Gasteiger partial charge is 0.282 e. The summed E-state index contributed by atoms with van der Waals surface area (Å²) in [5.41, 5.74) is 1.59. The number of piperazine rings is 1. The molecule has 2 aliphatic rings. The topological polar surface area (TPSA) is 72.5 Å². The van der Waals surface area contributed by atoms with Crippen molar-refractivity contribution >= 4 is 50.0 Å². The molecule has 1 N–H and O–H groups in total. The Morgan fingerprint density at radius 2 is 1.86 bits per heavy atom. The molecule has 2 aromatic heterocycles. The Morgan fingerprint density at radius 1 is 1.07 bits per heavy atom. The number of nitrogens with zero attached hydrogens (tertiary/aromatic N) is 4. The molecule has 150 valence electrons. The SMILES string of the molecule is O=C(c1cc2ccc(Br)cc2[nH]1)N1CC(N2CCN(C(=O)c3nccs3)CC2)C1. The molecule has 9 heteroatoms. The van der Waals surface area contributed by atoms with Crippen molar-refractivity contribution in [2.45, 2.75) is 6.04 Å². The number of thiazole rings is 1. The molecule has 0 saturated carbocycles. The van der Waals surface area contributed by atoms with Gasteiger partial charge in [-0.25, -0.2) is 4.98 Å². The summed E-state index contributed by atoms with van der Waals surface area (Å²) < 4.78 is 0.988. The monoisotopic (exact) mass is 473 g/mol. The number of hydrogen-bond donors (Lipinski definition) is 1. The fourth-order valence-corrected chi connectivity index (χ4v) is 4.95. The lowest BCUT2D eigenvalue weighted by Gasteiger charge is -2.47. The summed E-state index contributed by atoms with van der Waals surface area (Å²) in [5, 5.41) is 3.42. The van der Waals surface area contributed by atoms with Gasteiger partial charge in [0, 0.05) is 72.3 Å². The van der Waals surface area contributed by atoms with Crippen molar-refractivity contribution < 1.29 is 9.59 Å². The molecule has 5 rings (SSSR count). The summed E-state index contributed by atoms with van der Waals surface area (Å²) >= 11 is 4.85. The van der Waals surface area contributed by atoms with Crippen LogP contribution in [-0.4, -0.2) is 81.8 Å². The molecule has 1 aromatic carbocycles. The first-order chi connectivity index (χ1) is 14.1. The van der Waals surface area contributed by atoms with E-state index in [1.165, 1.54) is 11.3 Å². The van der Waals surface area contributed by atoms with E-state index < -0.39 is 0 Å². The molecule has 0 aliphatic carbocycles. The zero-order valence-corrected chi connectivity index (χ0v) is 18.1. The van der Waals surface area contributed by atoms with Crippen molar-refractivity contribution in [3.63, 3.8) is 0 Å². The van der Waals surface area contributed by atoms with E-state index in [9.17, 15) is 9.59 Å². The van der Waals surface area contributed by atoms with Crippen molar-refractivity contribution in [1.29, 1.82) is 0 Å². The van der Waals surface area contributed by atoms with Gasteiger partial charge >= 0.3 is 0 Å². The van der Waals surface area contributed by atoms with Gasteiger partial charge in [-0.15, -0.1) is 11.3 Å². The number of likely N-dealkylation sites (tertiary alicyclic amines) is 1. The van der Waals surface area contributed by atoms with Crippen LogP contribution in [0.15, 0.2) is 40.3 Å². The minimum atomic E-state index is 0.0236. The lowest BCUT2D eigenvalue weighted by molar-refractivity contribution is 0.00827. The lowest BCUT2D eigenvalue weighted by atomic mass is 10.1. The molecule has 2 saturated heterocycles. The van der Waals surface area contributed by atoms with E-state index in [0.29, 0.717) is 29.8 Å². The number of carbonyl (C=O) groups is 2. The van der Waals surface area contributed by atoms with Gasteiger partial charge in [-0.3, -0.25) is 14.5 Å². The standard InChI is InChI=1S/C20H20BrN5O2S/c21-14-2-1-13-9-17(23-16(13)10-14)19(27)26-11-15(12-26)24-4-6-25(7-5-24)20(28)18-22-3-8-29-18/h1-3,8-10,15,23H,4-7,11-12H2. The number of carbonyl (C=O) groups excluding carboxylic acids is 2. The quantitative estimate of drug-likeness (QED) is 0.634. The van der Waals surface area contributed by atoms with Gasteiger partial charge < -0.3 is 14.8 Å². The van der Waals surface area contributed by atoms with E-state index in [2.05, 4.69) is 30.8 Å². The average Bonchev–Trinajstić information content (AvgIpc) is 3.36. The number of hydrogen-bond acceptors (Lipinski definition) is 5. The Morgan fingerprint density at radius 3 is 2.59 bits per heavy atom. The summed E-state index contributed by atoms with van der Waals surface area (Å²) in [7, 11) is 0. The summed E-state index contributed by atoms with van der Waals surface area (Å²) in [5.74, 6) is 0.0710. The Balaban J connectivity index is 1.15. The highest BCUT2D eigenvalue weighted by molar-refractivity contribution is 9.10. The molecule has 3 aromatic rings. The maximum atomic E-state index is 12.8. The first kappa shape index (κ1) is 18.8. The summed E-state index contributed by atoms with van der Waals surface area (Å²) in [4.78, 5) is 38.7. The van der Waals surface area contributed by atoms with E-state index in [-0.39, 0.29) is 11.8 Å². The molecular weight excluding hydrogens is 454 g/mol. The van der Waals surface area contributed by atoms with Crippen LogP contribution in [0, 0.1) is 0 Å². The molecule has 0 radical (unpaired) electrons. The Kier molecular flexibility index (Phi) is 4.89. The number of rotatable bonds is 3. The van der Waals surface area contributed by atoms with Crippen molar-refractivity contribution in [2.75, 3.05) is 39.3 Å². The summed E-state index contributed by atoms with van der Waals surface area (Å²) in [6.45, 7) is 4.56. The van der Waals surface area contributed by atoms with Gasteiger partial charge in [-0.1, -0.05) is 22.0 Å². The van der Waals surface area contributed by atoms with E-state index >= 15 is 0 Å². The number of fused-ring (bicyclic) bond motifs is 1. The average molecular weight is 474 g/mol. The van der Waals surface area contributed by atoms with Crippen molar-refractivity contribution in [3.8, 4) is 0 Å². The maximum Gasteiger partial charge on any atom is 0.282 e. The van der Waals surface area contributed by atoms with Crippen molar-refractivity contribution in [3.05, 3.63) is 51.0 Å². The summed E-state index contributed by atoms with van der Waals surface area (Å²) in [6.07, 6.45) is 1.67. The number of amides is 2. The summed E-state index contributed by atoms with van der Waals surface area (Å²) in [6, 6.07) is 8.24. The molecule has 0 atom stereocenters. The predicted octanol–water partition coefficient (Wildman–Crippen LogP) is 2.67. The number of aromatic nitrogens is 2. The first-order valence-electron chi connectivity index (χ1n) is 9.59. The highest BCUT2D eigenvalue weighted by Crippen LogP contribution is 2.24. The third-order valence-corrected chi connectivity index (χ3v) is 6.95. The van der Waals surface area contributed by atoms with Crippen LogP contribution in [-0.2, 0) is 0 Å². The normalized spacial score (nSPS) is 18.2. The van der Waals surface area contributed by atoms with Crippen LogP contribution in [0.4, 0.5) is 0 Å². The molecule has 2 fully saturated rings. The van der Waals surface area contributed by atoms with Crippen LogP contribution in [0.1, 0.15) is 20.3 Å². The van der Waals surface area contributed by atoms with E-state index in [1.54, 1.807) is 6.20 Å². The van der Waals surface area contributed by atoms with Gasteiger partial charge in [-0.2, -0.15) is 0 Å². The largest absolute Gasteiger partial charge is 0.350 e.